The fourth-order valence-corrected chi connectivity index (χ4v) is 2.29. The van der Waals surface area contributed by atoms with Crippen molar-refractivity contribution in [3.63, 3.8) is 0 Å². The van der Waals surface area contributed by atoms with Gasteiger partial charge in [-0.2, -0.15) is 0 Å². The van der Waals surface area contributed by atoms with E-state index in [1.54, 1.807) is 0 Å². The van der Waals surface area contributed by atoms with Crippen LogP contribution in [0.1, 0.15) is 39.5 Å². The Morgan fingerprint density at radius 2 is 2.08 bits per heavy atom. The van der Waals surface area contributed by atoms with Gasteiger partial charge < -0.3 is 10.2 Å². The molecule has 0 heterocycles. The van der Waals surface area contributed by atoms with Crippen LogP contribution in [0.15, 0.2) is 0 Å². The minimum atomic E-state index is -0.295. The Labute approximate surface area is 74.6 Å². The minimum absolute atomic E-state index is 0.131. The molecule has 72 valence electrons. The molecule has 0 radical (unpaired) electrons. The topological polar surface area (TPSA) is 40.5 Å². The van der Waals surface area contributed by atoms with Crippen molar-refractivity contribution in [3.8, 4) is 0 Å². The molecule has 0 amide bonds. The molecule has 0 bridgehead atoms. The van der Waals surface area contributed by atoms with Gasteiger partial charge in [0.15, 0.2) is 0 Å². The van der Waals surface area contributed by atoms with Crippen LogP contribution in [0, 0.1) is 11.3 Å². The molecule has 0 aliphatic heterocycles. The van der Waals surface area contributed by atoms with Gasteiger partial charge in [0.05, 0.1) is 12.7 Å². The molecule has 0 aromatic rings. The first-order valence-electron chi connectivity index (χ1n) is 4.92. The van der Waals surface area contributed by atoms with E-state index in [4.69, 9.17) is 0 Å². The van der Waals surface area contributed by atoms with Crippen molar-refractivity contribution in [1.82, 2.24) is 0 Å². The molecule has 2 heteroatoms. The van der Waals surface area contributed by atoms with E-state index >= 15 is 0 Å². The fraction of sp³-hybridized carbons (Fsp3) is 1.00. The molecule has 1 rings (SSSR count). The average molecular weight is 172 g/mol. The molecule has 0 spiro atoms. The average Bonchev–Trinajstić information content (AvgIpc) is 2.05. The van der Waals surface area contributed by atoms with Crippen LogP contribution in [0.5, 0.6) is 0 Å². The summed E-state index contributed by atoms with van der Waals surface area (Å²) in [7, 11) is 0. The van der Waals surface area contributed by atoms with E-state index in [1.807, 2.05) is 0 Å². The first kappa shape index (κ1) is 10.0. The Kier molecular flexibility index (Phi) is 3.13. The third-order valence-electron chi connectivity index (χ3n) is 3.48. The summed E-state index contributed by atoms with van der Waals surface area (Å²) in [6.45, 7) is 4.31. The summed E-state index contributed by atoms with van der Waals surface area (Å²) in [5.74, 6) is 0.373. The van der Waals surface area contributed by atoms with Crippen LogP contribution in [0.4, 0.5) is 0 Å². The highest BCUT2D eigenvalue weighted by atomic mass is 16.3. The first-order valence-corrected chi connectivity index (χ1v) is 4.92. The lowest BCUT2D eigenvalue weighted by molar-refractivity contribution is -0.0768. The van der Waals surface area contributed by atoms with E-state index in [-0.39, 0.29) is 18.1 Å². The maximum Gasteiger partial charge on any atom is 0.0620 e. The molecule has 2 N–H and O–H groups in total. The van der Waals surface area contributed by atoms with Crippen molar-refractivity contribution in [3.05, 3.63) is 0 Å². The molecule has 1 saturated carbocycles. The van der Waals surface area contributed by atoms with Crippen molar-refractivity contribution >= 4 is 0 Å². The first-order chi connectivity index (χ1) is 5.63. The van der Waals surface area contributed by atoms with Gasteiger partial charge in [-0.25, -0.2) is 0 Å². The number of hydrogen-bond donors (Lipinski definition) is 2. The molecule has 1 aliphatic carbocycles. The quantitative estimate of drug-likeness (QED) is 0.663. The maximum atomic E-state index is 9.83. The van der Waals surface area contributed by atoms with Crippen molar-refractivity contribution in [1.29, 1.82) is 0 Å². The standard InChI is InChI=1S/C10H20O2/c1-8(2)10(7-11)6-4-3-5-9(10)12/h8-9,11-12H,3-7H2,1-2H3. The van der Waals surface area contributed by atoms with Crippen molar-refractivity contribution in [2.75, 3.05) is 6.61 Å². The van der Waals surface area contributed by atoms with Gasteiger partial charge in [-0.3, -0.25) is 0 Å². The summed E-state index contributed by atoms with van der Waals surface area (Å²) in [6, 6.07) is 0. The Morgan fingerprint density at radius 3 is 2.42 bits per heavy atom. The summed E-state index contributed by atoms with van der Waals surface area (Å²) in [5.41, 5.74) is -0.210. The highest BCUT2D eigenvalue weighted by Gasteiger charge is 2.41. The van der Waals surface area contributed by atoms with Gasteiger partial charge in [-0.1, -0.05) is 26.7 Å². The number of hydrogen-bond acceptors (Lipinski definition) is 2. The zero-order valence-corrected chi connectivity index (χ0v) is 8.08. The zero-order chi connectivity index (χ0) is 9.19. The van der Waals surface area contributed by atoms with Crippen LogP contribution in [-0.4, -0.2) is 22.9 Å². The second-order valence-electron chi connectivity index (χ2n) is 4.31. The molecule has 0 saturated heterocycles. The normalized spacial score (nSPS) is 37.2. The molecule has 1 fully saturated rings. The third-order valence-corrected chi connectivity index (χ3v) is 3.48. The van der Waals surface area contributed by atoms with E-state index in [2.05, 4.69) is 13.8 Å². The summed E-state index contributed by atoms with van der Waals surface area (Å²) >= 11 is 0. The summed E-state index contributed by atoms with van der Waals surface area (Å²) in [4.78, 5) is 0. The van der Waals surface area contributed by atoms with Gasteiger partial charge in [0.1, 0.15) is 0 Å². The highest BCUT2D eigenvalue weighted by Crippen LogP contribution is 2.42. The lowest BCUT2D eigenvalue weighted by Crippen LogP contribution is -2.45. The Balaban J connectivity index is 2.73. The Hall–Kier alpha value is -0.0800. The predicted molar refractivity (Wildman–Crippen MR) is 48.8 cm³/mol. The monoisotopic (exact) mass is 172 g/mol. The molecule has 0 aromatic carbocycles. The van der Waals surface area contributed by atoms with E-state index in [0.29, 0.717) is 5.92 Å². The van der Waals surface area contributed by atoms with Crippen molar-refractivity contribution in [2.24, 2.45) is 11.3 Å². The van der Waals surface area contributed by atoms with Crippen LogP contribution < -0.4 is 0 Å². The van der Waals surface area contributed by atoms with Crippen LogP contribution in [0.3, 0.4) is 0 Å². The van der Waals surface area contributed by atoms with Crippen LogP contribution >= 0.6 is 0 Å². The van der Waals surface area contributed by atoms with E-state index < -0.39 is 0 Å². The molecule has 12 heavy (non-hydrogen) atoms. The maximum absolute atomic E-state index is 9.83. The van der Waals surface area contributed by atoms with E-state index in [9.17, 15) is 10.2 Å². The smallest absolute Gasteiger partial charge is 0.0620 e. The summed E-state index contributed by atoms with van der Waals surface area (Å²) in [5, 5.41) is 19.2. The van der Waals surface area contributed by atoms with Gasteiger partial charge in [-0.15, -0.1) is 0 Å². The molecule has 2 atom stereocenters. The van der Waals surface area contributed by atoms with Gasteiger partial charge in [0.2, 0.25) is 0 Å². The van der Waals surface area contributed by atoms with Crippen molar-refractivity contribution < 1.29 is 10.2 Å². The Morgan fingerprint density at radius 1 is 1.42 bits per heavy atom. The second-order valence-corrected chi connectivity index (χ2v) is 4.31. The van der Waals surface area contributed by atoms with Gasteiger partial charge in [-0.05, 0) is 18.8 Å². The second kappa shape index (κ2) is 3.75. The molecular weight excluding hydrogens is 152 g/mol. The van der Waals surface area contributed by atoms with Gasteiger partial charge in [0, 0.05) is 5.41 Å². The minimum Gasteiger partial charge on any atom is -0.396 e. The highest BCUT2D eigenvalue weighted by molar-refractivity contribution is 4.91. The summed E-state index contributed by atoms with van der Waals surface area (Å²) < 4.78 is 0. The lowest BCUT2D eigenvalue weighted by atomic mass is 9.65. The SMILES string of the molecule is CC(C)C1(CO)CCCCC1O. The van der Waals surface area contributed by atoms with Gasteiger partial charge >= 0.3 is 0 Å². The molecule has 1 aliphatic rings. The van der Waals surface area contributed by atoms with E-state index in [1.165, 1.54) is 0 Å². The van der Waals surface area contributed by atoms with Crippen LogP contribution in [0.2, 0.25) is 0 Å². The Bertz CT molecular complexity index is 145. The van der Waals surface area contributed by atoms with Crippen LogP contribution in [0.25, 0.3) is 0 Å². The fourth-order valence-electron chi connectivity index (χ4n) is 2.29. The van der Waals surface area contributed by atoms with Gasteiger partial charge in [0.25, 0.3) is 0 Å². The lowest BCUT2D eigenvalue weighted by Gasteiger charge is -2.43. The summed E-state index contributed by atoms with van der Waals surface area (Å²) in [6.07, 6.45) is 3.79. The largest absolute Gasteiger partial charge is 0.396 e. The van der Waals surface area contributed by atoms with Crippen LogP contribution in [-0.2, 0) is 0 Å². The number of aliphatic hydroxyl groups excluding tert-OH is 2. The molecule has 2 unspecified atom stereocenters. The molecule has 0 aromatic heterocycles. The molecular formula is C10H20O2. The van der Waals surface area contributed by atoms with E-state index in [0.717, 1.165) is 25.7 Å². The molecule has 2 nitrogen and oxygen atoms in total. The zero-order valence-electron chi connectivity index (χ0n) is 8.08. The van der Waals surface area contributed by atoms with Crippen molar-refractivity contribution in [2.45, 2.75) is 45.6 Å². The third kappa shape index (κ3) is 1.50. The number of aliphatic hydroxyl groups is 2. The number of rotatable bonds is 2. The predicted octanol–water partition coefficient (Wildman–Crippen LogP) is 1.56.